The van der Waals surface area contributed by atoms with Crippen molar-refractivity contribution in [2.24, 2.45) is 0 Å². The fourth-order valence-electron chi connectivity index (χ4n) is 3.91. The molecule has 0 atom stereocenters. The SMILES string of the molecule is Cc1cnc2c(C(F)(F)F)cccc2c1-c1cccc(OCc2cccc(COCC(=O)O)c2)c1. The number of pyridine rings is 1. The molecule has 0 aliphatic rings. The number of rotatable bonds is 8. The van der Waals surface area contributed by atoms with Crippen molar-refractivity contribution < 1.29 is 32.5 Å². The number of hydrogen-bond donors (Lipinski definition) is 1. The second-order valence-electron chi connectivity index (χ2n) is 8.04. The molecule has 8 heteroatoms. The van der Waals surface area contributed by atoms with Crippen molar-refractivity contribution in [1.82, 2.24) is 4.98 Å². The highest BCUT2D eigenvalue weighted by Crippen LogP contribution is 2.38. The number of halogens is 3. The lowest BCUT2D eigenvalue weighted by molar-refractivity contribution is -0.142. The molecule has 0 unspecified atom stereocenters. The fourth-order valence-corrected chi connectivity index (χ4v) is 3.91. The molecule has 0 radical (unpaired) electrons. The first-order valence-electron chi connectivity index (χ1n) is 10.8. The topological polar surface area (TPSA) is 68.7 Å². The summed E-state index contributed by atoms with van der Waals surface area (Å²) in [6, 6.07) is 18.7. The summed E-state index contributed by atoms with van der Waals surface area (Å²) in [6.07, 6.45) is -3.05. The molecule has 4 aromatic rings. The summed E-state index contributed by atoms with van der Waals surface area (Å²) in [4.78, 5) is 14.7. The molecule has 0 aliphatic heterocycles. The van der Waals surface area contributed by atoms with E-state index in [9.17, 15) is 18.0 Å². The quantitative estimate of drug-likeness (QED) is 0.315. The molecule has 0 bridgehead atoms. The minimum Gasteiger partial charge on any atom is -0.489 e. The van der Waals surface area contributed by atoms with Crippen molar-refractivity contribution in [3.8, 4) is 16.9 Å². The summed E-state index contributed by atoms with van der Waals surface area (Å²) < 4.78 is 51.6. The van der Waals surface area contributed by atoms with Gasteiger partial charge in [-0.05, 0) is 52.9 Å². The largest absolute Gasteiger partial charge is 0.489 e. The van der Waals surface area contributed by atoms with Crippen LogP contribution >= 0.6 is 0 Å². The third-order valence-corrected chi connectivity index (χ3v) is 5.41. The van der Waals surface area contributed by atoms with Crippen LogP contribution in [0.5, 0.6) is 5.75 Å². The zero-order valence-corrected chi connectivity index (χ0v) is 18.8. The molecule has 0 saturated carbocycles. The average Bonchev–Trinajstić information content (AvgIpc) is 2.82. The molecule has 0 aliphatic carbocycles. The van der Waals surface area contributed by atoms with Gasteiger partial charge in [-0.15, -0.1) is 0 Å². The molecule has 0 fully saturated rings. The predicted molar refractivity (Wildman–Crippen MR) is 125 cm³/mol. The van der Waals surface area contributed by atoms with Crippen molar-refractivity contribution in [1.29, 1.82) is 0 Å². The number of ether oxygens (including phenoxy) is 2. The maximum Gasteiger partial charge on any atom is 0.418 e. The lowest BCUT2D eigenvalue weighted by Crippen LogP contribution is -2.07. The van der Waals surface area contributed by atoms with Gasteiger partial charge in [0.1, 0.15) is 19.0 Å². The van der Waals surface area contributed by atoms with Crippen molar-refractivity contribution in [2.75, 3.05) is 6.61 Å². The molecule has 180 valence electrons. The average molecular weight is 481 g/mol. The smallest absolute Gasteiger partial charge is 0.418 e. The van der Waals surface area contributed by atoms with Gasteiger partial charge in [-0.3, -0.25) is 4.98 Å². The summed E-state index contributed by atoms with van der Waals surface area (Å²) in [7, 11) is 0. The van der Waals surface area contributed by atoms with Crippen molar-refractivity contribution in [2.45, 2.75) is 26.3 Å². The minimum atomic E-state index is -4.50. The fraction of sp³-hybridized carbons (Fsp3) is 0.185. The number of fused-ring (bicyclic) bond motifs is 1. The highest BCUT2D eigenvalue weighted by molar-refractivity contribution is 5.97. The Morgan fingerprint density at radius 2 is 1.69 bits per heavy atom. The predicted octanol–water partition coefficient (Wildman–Crippen LogP) is 6.41. The number of carboxylic acid groups (broad SMARTS) is 1. The molecule has 4 rings (SSSR count). The standard InChI is InChI=1S/C27H22F3NO4/c1-17-13-31-26-22(9-4-10-23(26)27(28,29)30)25(17)20-7-3-8-21(12-20)35-15-19-6-2-5-18(11-19)14-34-16-24(32)33/h2-13H,14-16H2,1H3,(H,32,33). The van der Waals surface area contributed by atoms with Crippen molar-refractivity contribution in [3.05, 3.63) is 95.2 Å². The Kier molecular flexibility index (Phi) is 7.02. The molecule has 5 nitrogen and oxygen atoms in total. The van der Waals surface area contributed by atoms with E-state index in [1.807, 2.05) is 37.3 Å². The van der Waals surface area contributed by atoms with Gasteiger partial charge in [0.25, 0.3) is 0 Å². The van der Waals surface area contributed by atoms with Gasteiger partial charge in [0.05, 0.1) is 17.7 Å². The summed E-state index contributed by atoms with van der Waals surface area (Å²) in [6.45, 7) is 1.86. The number of alkyl halides is 3. The number of benzene rings is 3. The number of aliphatic carboxylic acids is 1. The first kappa shape index (κ1) is 24.2. The first-order valence-corrected chi connectivity index (χ1v) is 10.8. The lowest BCUT2D eigenvalue weighted by Gasteiger charge is -2.15. The third kappa shape index (κ3) is 5.78. The Labute approximate surface area is 199 Å². The van der Waals surface area contributed by atoms with Crippen LogP contribution in [-0.4, -0.2) is 22.7 Å². The summed E-state index contributed by atoms with van der Waals surface area (Å²) >= 11 is 0. The lowest BCUT2D eigenvalue weighted by atomic mass is 9.95. The highest BCUT2D eigenvalue weighted by Gasteiger charge is 2.33. The molecule has 0 amide bonds. The molecule has 1 heterocycles. The van der Waals surface area contributed by atoms with E-state index >= 15 is 0 Å². The second-order valence-corrected chi connectivity index (χ2v) is 8.04. The van der Waals surface area contributed by atoms with Crippen LogP contribution in [0.2, 0.25) is 0 Å². The molecule has 1 aromatic heterocycles. The van der Waals surface area contributed by atoms with Crippen LogP contribution in [0.3, 0.4) is 0 Å². The van der Waals surface area contributed by atoms with Gasteiger partial charge in [0, 0.05) is 11.6 Å². The van der Waals surface area contributed by atoms with Crippen molar-refractivity contribution >= 4 is 16.9 Å². The first-order chi connectivity index (χ1) is 16.7. The number of aromatic nitrogens is 1. The van der Waals surface area contributed by atoms with Crippen LogP contribution in [0.4, 0.5) is 13.2 Å². The van der Waals surface area contributed by atoms with E-state index in [-0.39, 0.29) is 25.3 Å². The number of carbonyl (C=O) groups is 1. The summed E-state index contributed by atoms with van der Waals surface area (Å²) in [5.41, 5.74) is 2.98. The van der Waals surface area contributed by atoms with Crippen LogP contribution in [-0.2, 0) is 28.9 Å². The van der Waals surface area contributed by atoms with Crippen molar-refractivity contribution in [3.63, 3.8) is 0 Å². The monoisotopic (exact) mass is 481 g/mol. The molecule has 1 N–H and O–H groups in total. The van der Waals surface area contributed by atoms with Crippen LogP contribution in [0.25, 0.3) is 22.0 Å². The Hall–Kier alpha value is -3.91. The van der Waals surface area contributed by atoms with Crippen LogP contribution in [0, 0.1) is 6.92 Å². The Balaban J connectivity index is 1.58. The van der Waals surface area contributed by atoms with E-state index in [0.717, 1.165) is 28.3 Å². The molecule has 0 spiro atoms. The molecular weight excluding hydrogens is 459 g/mol. The number of carboxylic acids is 1. The van der Waals surface area contributed by atoms with E-state index in [1.165, 1.54) is 12.3 Å². The highest BCUT2D eigenvalue weighted by atomic mass is 19.4. The number of para-hydroxylation sites is 1. The van der Waals surface area contributed by atoms with Gasteiger partial charge in [-0.25, -0.2) is 4.79 Å². The minimum absolute atomic E-state index is 0.0890. The third-order valence-electron chi connectivity index (χ3n) is 5.41. The van der Waals surface area contributed by atoms with E-state index in [4.69, 9.17) is 14.6 Å². The zero-order valence-electron chi connectivity index (χ0n) is 18.8. The van der Waals surface area contributed by atoms with Gasteiger partial charge in [-0.1, -0.05) is 48.5 Å². The zero-order chi connectivity index (χ0) is 25.0. The molecule has 0 saturated heterocycles. The maximum atomic E-state index is 13.5. The Morgan fingerprint density at radius 3 is 2.43 bits per heavy atom. The number of hydrogen-bond acceptors (Lipinski definition) is 4. The number of nitrogens with zero attached hydrogens (tertiary/aromatic N) is 1. The van der Waals surface area contributed by atoms with Gasteiger partial charge in [0.15, 0.2) is 0 Å². The van der Waals surface area contributed by atoms with Crippen LogP contribution < -0.4 is 4.74 Å². The Morgan fingerprint density at radius 1 is 0.971 bits per heavy atom. The Bertz CT molecular complexity index is 1370. The van der Waals surface area contributed by atoms with Gasteiger partial charge in [0.2, 0.25) is 0 Å². The summed E-state index contributed by atoms with van der Waals surface area (Å²) in [5, 5.41) is 9.11. The van der Waals surface area contributed by atoms with E-state index < -0.39 is 17.7 Å². The molecule has 3 aromatic carbocycles. The maximum absolute atomic E-state index is 13.5. The second kappa shape index (κ2) is 10.1. The normalized spacial score (nSPS) is 11.5. The van der Waals surface area contributed by atoms with E-state index in [2.05, 4.69) is 4.98 Å². The number of aryl methyl sites for hydroxylation is 1. The van der Waals surface area contributed by atoms with E-state index in [1.54, 1.807) is 24.3 Å². The summed E-state index contributed by atoms with van der Waals surface area (Å²) in [5.74, 6) is -0.470. The van der Waals surface area contributed by atoms with Crippen LogP contribution in [0.15, 0.2) is 72.9 Å². The van der Waals surface area contributed by atoms with Gasteiger partial charge < -0.3 is 14.6 Å². The van der Waals surface area contributed by atoms with Crippen LogP contribution in [0.1, 0.15) is 22.3 Å². The molecule has 35 heavy (non-hydrogen) atoms. The van der Waals surface area contributed by atoms with Gasteiger partial charge >= 0.3 is 12.1 Å². The molecular formula is C27H22F3NO4. The van der Waals surface area contributed by atoms with Gasteiger partial charge in [-0.2, -0.15) is 13.2 Å². The van der Waals surface area contributed by atoms with E-state index in [0.29, 0.717) is 16.7 Å².